The zero-order valence-corrected chi connectivity index (χ0v) is 38.4. The highest BCUT2D eigenvalue weighted by molar-refractivity contribution is 6.12. The normalized spacial score (nSPS) is 20.8. The quantitative estimate of drug-likeness (QED) is 0.114. The van der Waals surface area contributed by atoms with Crippen molar-refractivity contribution in [3.63, 3.8) is 0 Å². The first-order valence-corrected chi connectivity index (χ1v) is 22.8. The molecule has 6 heterocycles. The van der Waals surface area contributed by atoms with Gasteiger partial charge in [0.2, 0.25) is 5.91 Å². The van der Waals surface area contributed by atoms with E-state index < -0.39 is 0 Å². The van der Waals surface area contributed by atoms with Crippen LogP contribution < -0.4 is 9.80 Å². The van der Waals surface area contributed by atoms with E-state index in [1.165, 1.54) is 33.5 Å². The van der Waals surface area contributed by atoms with Crippen LogP contribution in [0.1, 0.15) is 67.7 Å². The summed E-state index contributed by atoms with van der Waals surface area (Å²) in [6, 6.07) is 38.4. The molecule has 0 radical (unpaired) electrons. The van der Waals surface area contributed by atoms with Crippen molar-refractivity contribution in [1.29, 1.82) is 5.26 Å². The molecule has 0 N–H and O–H groups in total. The molecular formula is C54H59N8O2+. The number of nitrogens with zero attached hydrogens (tertiary/aromatic N) is 8. The van der Waals surface area contributed by atoms with E-state index in [9.17, 15) is 10.1 Å². The predicted octanol–water partition coefficient (Wildman–Crippen LogP) is 8.18. The monoisotopic (exact) mass is 851 g/mol. The number of hydrogen-bond donors (Lipinski definition) is 0. The highest BCUT2D eigenvalue weighted by Gasteiger charge is 2.62. The Kier molecular flexibility index (Phi) is 10.2. The van der Waals surface area contributed by atoms with Crippen LogP contribution in [0.15, 0.2) is 103 Å². The Bertz CT molecular complexity index is 2840. The third-order valence-corrected chi connectivity index (χ3v) is 15.4. The van der Waals surface area contributed by atoms with Gasteiger partial charge in [-0.05, 0) is 109 Å². The van der Waals surface area contributed by atoms with Gasteiger partial charge in [0.25, 0.3) is 5.91 Å². The van der Waals surface area contributed by atoms with E-state index in [1.54, 1.807) is 4.90 Å². The highest BCUT2D eigenvalue weighted by Crippen LogP contribution is 2.57. The van der Waals surface area contributed by atoms with Gasteiger partial charge in [0.15, 0.2) is 0 Å². The number of rotatable bonds is 8. The molecule has 10 heteroatoms. The summed E-state index contributed by atoms with van der Waals surface area (Å²) in [5.74, 6) is 0.0164. The fraction of sp³-hybridized carbons (Fsp3) is 0.352. The van der Waals surface area contributed by atoms with Gasteiger partial charge < -0.3 is 23.4 Å². The van der Waals surface area contributed by atoms with E-state index in [4.69, 9.17) is 0 Å². The molecule has 4 aliphatic rings. The molecule has 10 nitrogen and oxygen atoms in total. The molecule has 6 aromatic rings. The van der Waals surface area contributed by atoms with Crippen LogP contribution in [-0.2, 0) is 56.8 Å². The number of carbonyl (C=O) groups is 2. The first-order chi connectivity index (χ1) is 30.8. The SMILES string of the molecule is Cc1c(N(C(=O)c2cc(-c3cc4c(cc3C3(C)C5Cc6ccccc6CN53)CN(C(=O)Cc3cccc(N5CC[N+](C)(C)CC5)c3)CC4)n(C)c2C)c2ccccc2)cc(C#N)n1C. The van der Waals surface area contributed by atoms with Gasteiger partial charge in [0.05, 0.1) is 63.5 Å². The summed E-state index contributed by atoms with van der Waals surface area (Å²) in [5.41, 5.74) is 14.9. The second kappa shape index (κ2) is 15.7. The smallest absolute Gasteiger partial charge is 0.264 e. The van der Waals surface area contributed by atoms with Gasteiger partial charge in [-0.15, -0.1) is 0 Å². The predicted molar refractivity (Wildman–Crippen MR) is 254 cm³/mol. The summed E-state index contributed by atoms with van der Waals surface area (Å²) in [4.78, 5) is 38.2. The van der Waals surface area contributed by atoms with Crippen LogP contribution in [0.4, 0.5) is 17.1 Å². The zero-order valence-electron chi connectivity index (χ0n) is 38.4. The van der Waals surface area contributed by atoms with Crippen LogP contribution in [0.25, 0.3) is 11.3 Å². The molecule has 64 heavy (non-hydrogen) atoms. The first-order valence-electron chi connectivity index (χ1n) is 22.8. The molecule has 3 unspecified atom stereocenters. The Morgan fingerprint density at radius 2 is 1.53 bits per heavy atom. The number of likely N-dealkylation sites (N-methyl/N-ethyl adjacent to an activating group) is 1. The minimum absolute atomic E-state index is 0.146. The third kappa shape index (κ3) is 7.02. The number of para-hydroxylation sites is 1. The number of quaternary nitrogens is 1. The van der Waals surface area contributed by atoms with E-state index in [-0.39, 0.29) is 17.4 Å². The molecule has 0 bridgehead atoms. The lowest BCUT2D eigenvalue weighted by molar-refractivity contribution is -0.890. The number of hydrogen-bond acceptors (Lipinski definition) is 5. The van der Waals surface area contributed by atoms with Crippen LogP contribution in [-0.4, -0.2) is 88.1 Å². The molecule has 4 aromatic carbocycles. The average molecular weight is 852 g/mol. The van der Waals surface area contributed by atoms with Crippen molar-refractivity contribution in [3.8, 4) is 17.3 Å². The van der Waals surface area contributed by atoms with Crippen LogP contribution >= 0.6 is 0 Å². The number of carbonyl (C=O) groups excluding carboxylic acids is 2. The van der Waals surface area contributed by atoms with E-state index in [0.29, 0.717) is 42.5 Å². The van der Waals surface area contributed by atoms with Crippen molar-refractivity contribution >= 4 is 28.9 Å². The summed E-state index contributed by atoms with van der Waals surface area (Å²) in [7, 11) is 8.52. The number of fused-ring (bicyclic) bond motifs is 3. The fourth-order valence-corrected chi connectivity index (χ4v) is 10.9. The summed E-state index contributed by atoms with van der Waals surface area (Å²) < 4.78 is 5.06. The molecule has 0 spiro atoms. The maximum Gasteiger partial charge on any atom is 0.264 e. The highest BCUT2D eigenvalue weighted by atomic mass is 16.2. The van der Waals surface area contributed by atoms with E-state index in [0.717, 1.165) is 83.9 Å². The van der Waals surface area contributed by atoms with Gasteiger partial charge in [-0.2, -0.15) is 5.26 Å². The van der Waals surface area contributed by atoms with E-state index >= 15 is 4.79 Å². The van der Waals surface area contributed by atoms with Crippen molar-refractivity contribution in [3.05, 3.63) is 159 Å². The molecule has 2 fully saturated rings. The summed E-state index contributed by atoms with van der Waals surface area (Å²) in [6.45, 7) is 12.7. The number of nitriles is 1. The molecule has 3 atom stereocenters. The zero-order chi connectivity index (χ0) is 44.7. The lowest BCUT2D eigenvalue weighted by Crippen LogP contribution is -2.54. The second-order valence-corrected chi connectivity index (χ2v) is 19.4. The number of amides is 2. The van der Waals surface area contributed by atoms with Crippen LogP contribution in [0.2, 0.25) is 0 Å². The Hall–Kier alpha value is -6.41. The molecule has 2 saturated heterocycles. The average Bonchev–Trinajstić information content (AvgIpc) is 3.61. The molecule has 0 aliphatic carbocycles. The second-order valence-electron chi connectivity index (χ2n) is 19.4. The summed E-state index contributed by atoms with van der Waals surface area (Å²) in [5, 5.41) is 9.94. The van der Waals surface area contributed by atoms with E-state index in [1.807, 2.05) is 61.9 Å². The van der Waals surface area contributed by atoms with Crippen LogP contribution in [0.3, 0.4) is 0 Å². The van der Waals surface area contributed by atoms with Crippen LogP contribution in [0.5, 0.6) is 0 Å². The third-order valence-electron chi connectivity index (χ3n) is 15.4. The van der Waals surface area contributed by atoms with Crippen molar-refractivity contribution in [1.82, 2.24) is 18.9 Å². The number of anilines is 3. The number of piperazine rings is 1. The molecule has 326 valence electrons. The fourth-order valence-electron chi connectivity index (χ4n) is 10.9. The molecule has 4 aliphatic heterocycles. The van der Waals surface area contributed by atoms with Crippen molar-refractivity contribution in [2.45, 2.75) is 64.7 Å². The minimum Gasteiger partial charge on any atom is -0.360 e. The van der Waals surface area contributed by atoms with E-state index in [2.05, 4.69) is 120 Å². The Morgan fingerprint density at radius 1 is 0.797 bits per heavy atom. The molecular weight excluding hydrogens is 793 g/mol. The van der Waals surface area contributed by atoms with Crippen LogP contribution in [0, 0.1) is 25.2 Å². The standard InChI is InChI=1S/C54H59N8O2/c1-36-46(53(64)61(43-17-9-8-10-18-43)49-31-45(33-55)56(4)37(49)2)32-50(57(36)5)47-28-40-20-21-59(52(63)27-38-14-13-19-44(26-38)58-22-24-62(6,7)25-23-58)34-42(40)29-48(47)54(3)51-30-39-15-11-12-16-41(39)35-60(51)54/h8-19,26,28-29,31-32,51H,20-25,27,30,34-35H2,1-7H3/q+1. The summed E-state index contributed by atoms with van der Waals surface area (Å²) >= 11 is 0. The lowest BCUT2D eigenvalue weighted by Gasteiger charge is -2.40. The molecule has 2 aromatic heterocycles. The van der Waals surface area contributed by atoms with Crippen molar-refractivity contribution in [2.24, 2.45) is 14.1 Å². The minimum atomic E-state index is -0.244. The summed E-state index contributed by atoms with van der Waals surface area (Å²) in [6.07, 6.45) is 2.12. The maximum atomic E-state index is 15.1. The number of aromatic nitrogens is 2. The molecule has 0 saturated carbocycles. The van der Waals surface area contributed by atoms with Gasteiger partial charge in [-0.3, -0.25) is 19.4 Å². The van der Waals surface area contributed by atoms with Gasteiger partial charge in [0, 0.05) is 73.8 Å². The maximum absolute atomic E-state index is 15.1. The first kappa shape index (κ1) is 41.6. The van der Waals surface area contributed by atoms with Crippen molar-refractivity contribution in [2.75, 3.05) is 56.6 Å². The van der Waals surface area contributed by atoms with Gasteiger partial charge in [-0.1, -0.05) is 60.7 Å². The van der Waals surface area contributed by atoms with Gasteiger partial charge in [-0.25, -0.2) is 0 Å². The van der Waals surface area contributed by atoms with Gasteiger partial charge >= 0.3 is 0 Å². The molecule has 2 amide bonds. The Morgan fingerprint density at radius 3 is 2.27 bits per heavy atom. The Balaban J connectivity index is 1.00. The van der Waals surface area contributed by atoms with Gasteiger partial charge in [0.1, 0.15) is 11.8 Å². The van der Waals surface area contributed by atoms with Crippen molar-refractivity contribution < 1.29 is 14.1 Å². The lowest BCUT2D eigenvalue weighted by atomic mass is 9.84. The molecule has 10 rings (SSSR count). The Labute approximate surface area is 377 Å². The number of benzene rings is 4. The largest absolute Gasteiger partial charge is 0.360 e. The topological polar surface area (TPSA) is 80.5 Å².